The number of nitrogens with two attached hydrogens (primary N) is 1. The molecule has 2 aliphatic heterocycles. The highest BCUT2D eigenvalue weighted by atomic mass is 32.2. The molecule has 2 aromatic rings. The van der Waals surface area contributed by atoms with E-state index in [2.05, 4.69) is 4.99 Å². The number of amidine groups is 1. The summed E-state index contributed by atoms with van der Waals surface area (Å²) in [5.74, 6) is -0.922. The van der Waals surface area contributed by atoms with Crippen LogP contribution in [0.4, 0.5) is 16.2 Å². The summed E-state index contributed by atoms with van der Waals surface area (Å²) < 4.78 is 10.6. The quantitative estimate of drug-likeness (QED) is 0.121. The van der Waals surface area contributed by atoms with Crippen molar-refractivity contribution in [1.29, 1.82) is 0 Å². The summed E-state index contributed by atoms with van der Waals surface area (Å²) >= 11 is 1.05. The van der Waals surface area contributed by atoms with Gasteiger partial charge in [-0.1, -0.05) is 11.8 Å². The van der Waals surface area contributed by atoms with Crippen LogP contribution in [0.2, 0.25) is 0 Å². The van der Waals surface area contributed by atoms with Crippen molar-refractivity contribution in [2.24, 2.45) is 10.7 Å². The number of aliphatic imine (C=N–C) groups is 1. The van der Waals surface area contributed by atoms with Gasteiger partial charge in [0, 0.05) is 56.1 Å². The highest BCUT2D eigenvalue weighted by Gasteiger charge is 2.44. The van der Waals surface area contributed by atoms with Gasteiger partial charge in [-0.25, -0.2) is 4.79 Å². The van der Waals surface area contributed by atoms with Crippen LogP contribution < -0.4 is 5.73 Å². The van der Waals surface area contributed by atoms with Crippen LogP contribution in [0.5, 0.6) is 0 Å². The maximum atomic E-state index is 13.6. The second kappa shape index (κ2) is 15.3. The Morgan fingerprint density at radius 3 is 2.04 bits per heavy atom. The van der Waals surface area contributed by atoms with Gasteiger partial charge in [-0.3, -0.25) is 44.5 Å². The van der Waals surface area contributed by atoms with Gasteiger partial charge in [0.1, 0.15) is 31.5 Å². The maximum absolute atomic E-state index is 13.6. The zero-order valence-electron chi connectivity index (χ0n) is 24.8. The molecule has 2 aromatic carbocycles. The van der Waals surface area contributed by atoms with E-state index in [4.69, 9.17) is 15.2 Å². The van der Waals surface area contributed by atoms with Gasteiger partial charge in [0.25, 0.3) is 11.4 Å². The molecule has 0 unspecified atom stereocenters. The molecule has 0 radical (unpaired) electrons. The molecule has 2 fully saturated rings. The number of esters is 1. The molecule has 0 spiro atoms. The fourth-order valence-electron chi connectivity index (χ4n) is 5.11. The largest absolute Gasteiger partial charge is 0.460 e. The van der Waals surface area contributed by atoms with E-state index in [9.17, 15) is 39.4 Å². The van der Waals surface area contributed by atoms with Gasteiger partial charge in [0.15, 0.2) is 5.12 Å². The number of rotatable bonds is 11. The summed E-state index contributed by atoms with van der Waals surface area (Å²) in [5.41, 5.74) is 6.91. The van der Waals surface area contributed by atoms with Crippen LogP contribution in [0.1, 0.15) is 37.3 Å². The molecule has 0 aromatic heterocycles. The van der Waals surface area contributed by atoms with E-state index in [1.165, 1.54) is 60.4 Å². The van der Waals surface area contributed by atoms with Crippen molar-refractivity contribution in [2.45, 2.75) is 56.7 Å². The molecule has 2 saturated heterocycles. The molecule has 2 aliphatic rings. The van der Waals surface area contributed by atoms with Gasteiger partial charge in [-0.2, -0.15) is 0 Å². The number of hydrogen-bond acceptors (Lipinski definition) is 12. The minimum atomic E-state index is -0.865. The number of benzene rings is 2. The number of likely N-dealkylation sites (tertiary alicyclic amines) is 2. The normalized spacial score (nSPS) is 19.5. The highest BCUT2D eigenvalue weighted by Crippen LogP contribution is 2.31. The lowest BCUT2D eigenvalue weighted by atomic mass is 10.2. The number of amides is 2. The molecule has 4 rings (SSSR count). The van der Waals surface area contributed by atoms with Crippen LogP contribution in [-0.2, 0) is 37.1 Å². The summed E-state index contributed by atoms with van der Waals surface area (Å²) in [5, 5.41) is 21.2. The van der Waals surface area contributed by atoms with Crippen molar-refractivity contribution < 1.29 is 38.5 Å². The fraction of sp³-hybridized carbons (Fsp3) is 0.414. The topological polar surface area (TPSA) is 218 Å². The third kappa shape index (κ3) is 9.23. The molecular formula is C29H32N6O10S. The van der Waals surface area contributed by atoms with Gasteiger partial charge in [-0.05, 0) is 48.2 Å². The minimum Gasteiger partial charge on any atom is -0.460 e. The lowest BCUT2D eigenvalue weighted by molar-refractivity contribution is -0.385. The van der Waals surface area contributed by atoms with Crippen molar-refractivity contribution >= 4 is 52.1 Å². The lowest BCUT2D eigenvalue weighted by Crippen LogP contribution is -2.47. The first-order valence-corrected chi connectivity index (χ1v) is 15.1. The van der Waals surface area contributed by atoms with E-state index < -0.39 is 28.0 Å². The lowest BCUT2D eigenvalue weighted by Gasteiger charge is -2.27. The maximum Gasteiger partial charge on any atom is 0.410 e. The van der Waals surface area contributed by atoms with Gasteiger partial charge < -0.3 is 20.1 Å². The number of non-ortho nitro benzene ring substituents is 2. The molecule has 46 heavy (non-hydrogen) atoms. The van der Waals surface area contributed by atoms with Gasteiger partial charge in [0.2, 0.25) is 5.91 Å². The van der Waals surface area contributed by atoms with Gasteiger partial charge in [0.05, 0.1) is 15.9 Å². The Kier molecular flexibility index (Phi) is 11.2. The van der Waals surface area contributed by atoms with Crippen LogP contribution >= 0.6 is 11.8 Å². The number of carbonyl (C=O) groups is 4. The van der Waals surface area contributed by atoms with Crippen molar-refractivity contribution in [3.8, 4) is 0 Å². The van der Waals surface area contributed by atoms with Gasteiger partial charge in [-0.15, -0.1) is 0 Å². The van der Waals surface area contributed by atoms with Crippen molar-refractivity contribution in [3.05, 3.63) is 79.9 Å². The summed E-state index contributed by atoms with van der Waals surface area (Å²) in [6.07, 6.45) is -0.289. The number of nitrogens with zero attached hydrogens (tertiary/aromatic N) is 5. The summed E-state index contributed by atoms with van der Waals surface area (Å²) in [7, 11) is 0. The summed E-state index contributed by atoms with van der Waals surface area (Å²) in [6, 6.07) is 9.89. The second-order valence-electron chi connectivity index (χ2n) is 10.7. The first-order valence-electron chi connectivity index (χ1n) is 14.2. The van der Waals surface area contributed by atoms with Crippen LogP contribution in [0.25, 0.3) is 0 Å². The van der Waals surface area contributed by atoms with Crippen LogP contribution in [-0.4, -0.2) is 85.5 Å². The standard InChI is InChI=1S/C29H32N6O10S/c1-18(36)46-24-12-25(33(15-24)29(39)45-17-20-4-8-23(9-5-20)35(42)43)28(38)32-11-10-21(14-32)31-26(30)13-27(37)44-16-19-2-6-22(7-3-19)34(40)41/h2-9,21,24-25H,10-17H2,1H3,(H2,30,31)/t21-,24+,25+/m1/s1. The molecule has 0 bridgehead atoms. The van der Waals surface area contributed by atoms with E-state index in [1.54, 1.807) is 4.90 Å². The molecule has 16 nitrogen and oxygen atoms in total. The Morgan fingerprint density at radius 1 is 0.935 bits per heavy atom. The van der Waals surface area contributed by atoms with E-state index in [-0.39, 0.29) is 78.7 Å². The van der Waals surface area contributed by atoms with Gasteiger partial charge >= 0.3 is 12.1 Å². The first-order chi connectivity index (χ1) is 21.9. The molecule has 0 saturated carbocycles. The molecule has 3 atom stereocenters. The van der Waals surface area contributed by atoms with E-state index >= 15 is 0 Å². The SMILES string of the molecule is CC(=O)S[C@H]1C[C@@H](C(=O)N2CC[C@@H](N=C(N)CC(=O)OCc3ccc([N+](=O)[O-])cc3)C2)N(C(=O)OCc2ccc([N+](=O)[O-])cc2)C1. The number of ether oxygens (including phenoxy) is 2. The Labute approximate surface area is 267 Å². The predicted octanol–water partition coefficient (Wildman–Crippen LogP) is 2.95. The number of nitro groups is 2. The van der Waals surface area contributed by atoms with E-state index in [0.717, 1.165) is 11.8 Å². The van der Waals surface area contributed by atoms with Crippen molar-refractivity contribution in [3.63, 3.8) is 0 Å². The second-order valence-corrected chi connectivity index (χ2v) is 12.2. The van der Waals surface area contributed by atoms with Crippen molar-refractivity contribution in [2.75, 3.05) is 19.6 Å². The monoisotopic (exact) mass is 656 g/mol. The first kappa shape index (κ1) is 33.8. The summed E-state index contributed by atoms with van der Waals surface area (Å²) in [6.45, 7) is 1.85. The Morgan fingerprint density at radius 2 is 1.50 bits per heavy atom. The molecule has 17 heteroatoms. The highest BCUT2D eigenvalue weighted by molar-refractivity contribution is 8.14. The van der Waals surface area contributed by atoms with Crippen LogP contribution in [0.15, 0.2) is 53.5 Å². The van der Waals surface area contributed by atoms with Crippen molar-refractivity contribution in [1.82, 2.24) is 9.80 Å². The average Bonchev–Trinajstić information content (AvgIpc) is 3.66. The third-order valence-electron chi connectivity index (χ3n) is 7.32. The minimum absolute atomic E-state index is 0.0308. The zero-order chi connectivity index (χ0) is 33.4. The molecule has 2 amide bonds. The smallest absolute Gasteiger partial charge is 0.410 e. The van der Waals surface area contributed by atoms with E-state index in [0.29, 0.717) is 24.1 Å². The van der Waals surface area contributed by atoms with E-state index in [1.807, 2.05) is 0 Å². The summed E-state index contributed by atoms with van der Waals surface area (Å²) in [4.78, 5) is 78.5. The Bertz CT molecular complexity index is 1520. The predicted molar refractivity (Wildman–Crippen MR) is 165 cm³/mol. The van der Waals surface area contributed by atoms with Crippen LogP contribution in [0, 0.1) is 20.2 Å². The fourth-order valence-corrected chi connectivity index (χ4v) is 6.09. The molecule has 2 heterocycles. The number of carbonyl (C=O) groups excluding carboxylic acids is 4. The zero-order valence-corrected chi connectivity index (χ0v) is 25.6. The Balaban J connectivity index is 1.30. The molecule has 244 valence electrons. The van der Waals surface area contributed by atoms with Crippen LogP contribution in [0.3, 0.4) is 0 Å². The average molecular weight is 657 g/mol. The number of nitro benzene ring substituents is 2. The number of hydrogen-bond donors (Lipinski definition) is 1. The third-order valence-corrected chi connectivity index (χ3v) is 8.33. The Hall–Kier alpha value is -5.06. The molecule has 0 aliphatic carbocycles. The molecular weight excluding hydrogens is 624 g/mol. The number of thioether (sulfide) groups is 1. The molecule has 2 N–H and O–H groups in total.